The molecule has 1 saturated heterocycles. The van der Waals surface area contributed by atoms with Gasteiger partial charge in [-0.1, -0.05) is 31.2 Å². The number of rotatable bonds is 8. The lowest BCUT2D eigenvalue weighted by Crippen LogP contribution is -2.41. The van der Waals surface area contributed by atoms with Gasteiger partial charge in [-0.05, 0) is 73.9 Å². The smallest absolute Gasteiger partial charge is 0.324 e. The van der Waals surface area contributed by atoms with Crippen LogP contribution in [0.2, 0.25) is 0 Å². The van der Waals surface area contributed by atoms with E-state index in [-0.39, 0.29) is 11.4 Å². The van der Waals surface area contributed by atoms with Crippen LogP contribution in [0.15, 0.2) is 48.5 Å². The molecule has 0 saturated carbocycles. The molecule has 0 N–H and O–H groups in total. The Balaban J connectivity index is 1.64. The Hall–Kier alpha value is -2.53. The molecule has 1 heterocycles. The van der Waals surface area contributed by atoms with Crippen LogP contribution >= 0.6 is 0 Å². The van der Waals surface area contributed by atoms with E-state index < -0.39 is 0 Å². The fraction of sp³-hybridized carbons (Fsp3) is 0.500. The molecule has 5 heteroatoms. The standard InChI is InChI=1S/C26H36N2O3/c1-5-26(15-17-30-18-16-26)22-9-8-10-24(19-22)31-20-21-11-13-23(14-12-21)27(4)25(29)28(6-2)7-3/h8-14,19H,5-7,15-18,20H2,1-4H3. The number of anilines is 1. The molecule has 168 valence electrons. The molecular formula is C26H36N2O3. The van der Waals surface area contributed by atoms with Crippen molar-refractivity contribution in [2.45, 2.75) is 52.1 Å². The van der Waals surface area contributed by atoms with Crippen LogP contribution in [-0.2, 0) is 16.8 Å². The number of carbonyl (C=O) groups excluding carboxylic acids is 1. The van der Waals surface area contributed by atoms with E-state index in [1.807, 2.05) is 56.1 Å². The van der Waals surface area contributed by atoms with E-state index in [1.165, 1.54) is 5.56 Å². The first-order chi connectivity index (χ1) is 15.0. The normalized spacial score (nSPS) is 15.4. The van der Waals surface area contributed by atoms with Crippen molar-refractivity contribution in [3.05, 3.63) is 59.7 Å². The van der Waals surface area contributed by atoms with Gasteiger partial charge in [-0.25, -0.2) is 4.79 Å². The third-order valence-electron chi connectivity index (χ3n) is 6.62. The first kappa shape index (κ1) is 23.1. The fourth-order valence-corrected chi connectivity index (χ4v) is 4.32. The summed E-state index contributed by atoms with van der Waals surface area (Å²) in [5, 5.41) is 0. The summed E-state index contributed by atoms with van der Waals surface area (Å²) in [4.78, 5) is 16.0. The molecule has 31 heavy (non-hydrogen) atoms. The molecule has 3 rings (SSSR count). The summed E-state index contributed by atoms with van der Waals surface area (Å²) in [6.07, 6.45) is 3.24. The Morgan fingerprint density at radius 1 is 1.03 bits per heavy atom. The number of benzene rings is 2. The fourth-order valence-electron chi connectivity index (χ4n) is 4.32. The zero-order valence-corrected chi connectivity index (χ0v) is 19.4. The summed E-state index contributed by atoms with van der Waals surface area (Å²) >= 11 is 0. The van der Waals surface area contributed by atoms with Crippen molar-refractivity contribution >= 4 is 11.7 Å². The van der Waals surface area contributed by atoms with Gasteiger partial charge in [-0.2, -0.15) is 0 Å². The van der Waals surface area contributed by atoms with Gasteiger partial charge in [0, 0.05) is 39.0 Å². The lowest BCUT2D eigenvalue weighted by molar-refractivity contribution is 0.0484. The van der Waals surface area contributed by atoms with E-state index >= 15 is 0 Å². The predicted molar refractivity (Wildman–Crippen MR) is 126 cm³/mol. The van der Waals surface area contributed by atoms with E-state index in [1.54, 1.807) is 4.90 Å². The van der Waals surface area contributed by atoms with Crippen LogP contribution in [-0.4, -0.2) is 44.3 Å². The van der Waals surface area contributed by atoms with E-state index in [4.69, 9.17) is 9.47 Å². The monoisotopic (exact) mass is 424 g/mol. The Morgan fingerprint density at radius 2 is 1.71 bits per heavy atom. The largest absolute Gasteiger partial charge is 0.489 e. The van der Waals surface area contributed by atoms with Gasteiger partial charge >= 0.3 is 6.03 Å². The van der Waals surface area contributed by atoms with Gasteiger partial charge < -0.3 is 14.4 Å². The van der Waals surface area contributed by atoms with Gasteiger partial charge in [-0.15, -0.1) is 0 Å². The molecule has 5 nitrogen and oxygen atoms in total. The number of carbonyl (C=O) groups is 1. The van der Waals surface area contributed by atoms with Gasteiger partial charge in [0.25, 0.3) is 0 Å². The molecule has 0 aromatic heterocycles. The first-order valence-electron chi connectivity index (χ1n) is 11.5. The minimum atomic E-state index is 0.0174. The zero-order valence-electron chi connectivity index (χ0n) is 19.4. The van der Waals surface area contributed by atoms with Crippen molar-refractivity contribution in [1.29, 1.82) is 0 Å². The molecule has 0 radical (unpaired) electrons. The molecule has 1 aliphatic rings. The van der Waals surface area contributed by atoms with Crippen LogP contribution in [0.4, 0.5) is 10.5 Å². The quantitative estimate of drug-likeness (QED) is 0.552. The molecule has 0 bridgehead atoms. The van der Waals surface area contributed by atoms with Crippen molar-refractivity contribution in [2.75, 3.05) is 38.3 Å². The highest BCUT2D eigenvalue weighted by Gasteiger charge is 2.32. The number of urea groups is 1. The maximum atomic E-state index is 12.5. The molecular weight excluding hydrogens is 388 g/mol. The van der Waals surface area contributed by atoms with Crippen molar-refractivity contribution in [1.82, 2.24) is 4.90 Å². The molecule has 1 aliphatic heterocycles. The highest BCUT2D eigenvalue weighted by atomic mass is 16.5. The zero-order chi connectivity index (χ0) is 22.3. The van der Waals surface area contributed by atoms with E-state index in [0.717, 1.165) is 49.5 Å². The second-order valence-corrected chi connectivity index (χ2v) is 8.24. The number of nitrogens with zero attached hydrogens (tertiary/aromatic N) is 2. The van der Waals surface area contributed by atoms with Crippen LogP contribution in [0.5, 0.6) is 5.75 Å². The number of hydrogen-bond acceptors (Lipinski definition) is 3. The minimum absolute atomic E-state index is 0.0174. The molecule has 0 spiro atoms. The summed E-state index contributed by atoms with van der Waals surface area (Å²) in [5.41, 5.74) is 3.50. The summed E-state index contributed by atoms with van der Waals surface area (Å²) in [5.74, 6) is 0.898. The van der Waals surface area contributed by atoms with E-state index in [2.05, 4.69) is 25.1 Å². The van der Waals surface area contributed by atoms with Gasteiger partial charge in [0.2, 0.25) is 0 Å². The molecule has 2 amide bonds. The molecule has 0 atom stereocenters. The molecule has 0 unspecified atom stereocenters. The van der Waals surface area contributed by atoms with Gasteiger partial charge in [0.15, 0.2) is 0 Å². The highest BCUT2D eigenvalue weighted by Crippen LogP contribution is 2.39. The summed E-state index contributed by atoms with van der Waals surface area (Å²) in [7, 11) is 1.82. The minimum Gasteiger partial charge on any atom is -0.489 e. The molecule has 2 aromatic carbocycles. The lowest BCUT2D eigenvalue weighted by atomic mass is 9.72. The summed E-state index contributed by atoms with van der Waals surface area (Å²) in [6.45, 7) is 9.83. The van der Waals surface area contributed by atoms with Crippen molar-refractivity contribution in [2.24, 2.45) is 0 Å². The first-order valence-corrected chi connectivity index (χ1v) is 11.5. The van der Waals surface area contributed by atoms with Crippen LogP contribution in [0.25, 0.3) is 0 Å². The number of ether oxygens (including phenoxy) is 2. The Bertz CT molecular complexity index is 840. The maximum absolute atomic E-state index is 12.5. The van der Waals surface area contributed by atoms with Gasteiger partial charge in [0.05, 0.1) is 0 Å². The van der Waals surface area contributed by atoms with Gasteiger partial charge in [0.1, 0.15) is 12.4 Å². The maximum Gasteiger partial charge on any atom is 0.324 e. The second-order valence-electron chi connectivity index (χ2n) is 8.24. The SMILES string of the molecule is CCN(CC)C(=O)N(C)c1ccc(COc2cccc(C3(CC)CCOCC3)c2)cc1. The van der Waals surface area contributed by atoms with Gasteiger partial charge in [-0.3, -0.25) is 4.90 Å². The van der Waals surface area contributed by atoms with Crippen molar-refractivity contribution in [3.8, 4) is 5.75 Å². The van der Waals surface area contributed by atoms with Crippen LogP contribution in [0.1, 0.15) is 51.2 Å². The number of amides is 2. The average molecular weight is 425 g/mol. The predicted octanol–water partition coefficient (Wildman–Crippen LogP) is 5.62. The Kier molecular flexibility index (Phi) is 7.97. The third kappa shape index (κ3) is 5.40. The number of hydrogen-bond donors (Lipinski definition) is 0. The molecule has 0 aliphatic carbocycles. The Labute approximate surface area is 187 Å². The third-order valence-corrected chi connectivity index (χ3v) is 6.62. The topological polar surface area (TPSA) is 42.0 Å². The average Bonchev–Trinajstić information content (AvgIpc) is 2.84. The molecule has 1 fully saturated rings. The highest BCUT2D eigenvalue weighted by molar-refractivity contribution is 5.91. The van der Waals surface area contributed by atoms with E-state index in [0.29, 0.717) is 19.7 Å². The molecule has 2 aromatic rings. The lowest BCUT2D eigenvalue weighted by Gasteiger charge is -2.37. The summed E-state index contributed by atoms with van der Waals surface area (Å²) < 4.78 is 11.7. The van der Waals surface area contributed by atoms with Crippen LogP contribution in [0.3, 0.4) is 0 Å². The van der Waals surface area contributed by atoms with E-state index in [9.17, 15) is 4.79 Å². The van der Waals surface area contributed by atoms with Crippen LogP contribution < -0.4 is 9.64 Å². The summed E-state index contributed by atoms with van der Waals surface area (Å²) in [6, 6.07) is 16.6. The van der Waals surface area contributed by atoms with Crippen molar-refractivity contribution in [3.63, 3.8) is 0 Å². The second kappa shape index (κ2) is 10.7. The van der Waals surface area contributed by atoms with Crippen LogP contribution in [0, 0.1) is 0 Å². The van der Waals surface area contributed by atoms with Crippen molar-refractivity contribution < 1.29 is 14.3 Å². The Morgan fingerprint density at radius 3 is 2.32 bits per heavy atom.